The molecule has 3 rings (SSSR count). The number of hydrogen-bond acceptors (Lipinski definition) is 5. The van der Waals surface area contributed by atoms with E-state index >= 15 is 0 Å². The number of aliphatic hydroxyl groups is 1. The van der Waals surface area contributed by atoms with Crippen molar-refractivity contribution >= 4 is 11.8 Å². The lowest BCUT2D eigenvalue weighted by molar-refractivity contribution is -0.129. The number of ether oxygens (including phenoxy) is 1. The minimum Gasteiger partial charge on any atom is -0.472 e. The van der Waals surface area contributed by atoms with Gasteiger partial charge in [-0.1, -0.05) is 19.1 Å². The second-order valence-electron chi connectivity index (χ2n) is 8.11. The fourth-order valence-electron chi connectivity index (χ4n) is 3.52. The molecule has 1 N–H and O–H groups in total. The van der Waals surface area contributed by atoms with Gasteiger partial charge in [0.2, 0.25) is 11.8 Å². The third-order valence-electron chi connectivity index (χ3n) is 5.69. The zero-order valence-corrected chi connectivity index (χ0v) is 18.2. The Hall–Kier alpha value is -3.00. The first-order valence-corrected chi connectivity index (χ1v) is 10.3. The molecule has 166 valence electrons. The molecular formula is C23H28FN3O4. The summed E-state index contributed by atoms with van der Waals surface area (Å²) in [6, 6.07) is 7.21. The summed E-state index contributed by atoms with van der Waals surface area (Å²) in [5.74, 6) is -0.657. The highest BCUT2D eigenvalue weighted by Crippen LogP contribution is 2.30. The van der Waals surface area contributed by atoms with Crippen LogP contribution in [0.5, 0.6) is 5.88 Å². The molecule has 3 atom stereocenters. The lowest BCUT2D eigenvalue weighted by Crippen LogP contribution is -2.50. The zero-order valence-electron chi connectivity index (χ0n) is 18.2. The highest BCUT2D eigenvalue weighted by molar-refractivity contribution is 5.98. The van der Waals surface area contributed by atoms with Crippen LogP contribution in [0.2, 0.25) is 0 Å². The van der Waals surface area contributed by atoms with E-state index in [-0.39, 0.29) is 41.6 Å². The molecule has 0 aliphatic carbocycles. The molecule has 0 spiro atoms. The third kappa shape index (κ3) is 5.02. The first kappa shape index (κ1) is 22.7. The van der Waals surface area contributed by atoms with Crippen molar-refractivity contribution in [1.29, 1.82) is 0 Å². The maximum atomic E-state index is 13.4. The monoisotopic (exact) mass is 429 g/mol. The molecule has 0 unspecified atom stereocenters. The van der Waals surface area contributed by atoms with E-state index < -0.39 is 12.1 Å². The molecule has 1 aliphatic rings. The van der Waals surface area contributed by atoms with Crippen LogP contribution < -0.4 is 4.74 Å². The van der Waals surface area contributed by atoms with Crippen LogP contribution in [0, 0.1) is 11.7 Å². The number of carbonyl (C=O) groups excluding carboxylic acids is 2. The Morgan fingerprint density at radius 2 is 2.03 bits per heavy atom. The summed E-state index contributed by atoms with van der Waals surface area (Å²) >= 11 is 0. The largest absolute Gasteiger partial charge is 0.472 e. The molecule has 2 heterocycles. The number of halogens is 1. The maximum Gasteiger partial charge on any atom is 0.259 e. The van der Waals surface area contributed by atoms with E-state index in [1.165, 1.54) is 19.1 Å². The summed E-state index contributed by atoms with van der Waals surface area (Å²) in [6.07, 6.45) is 1.19. The predicted octanol–water partition coefficient (Wildman–Crippen LogP) is 2.59. The van der Waals surface area contributed by atoms with Crippen molar-refractivity contribution in [3.8, 4) is 17.0 Å². The van der Waals surface area contributed by atoms with Crippen molar-refractivity contribution in [2.45, 2.75) is 32.9 Å². The van der Waals surface area contributed by atoms with Crippen LogP contribution in [-0.2, 0) is 4.79 Å². The Morgan fingerprint density at radius 3 is 2.65 bits per heavy atom. The summed E-state index contributed by atoms with van der Waals surface area (Å²) in [4.78, 5) is 32.7. The van der Waals surface area contributed by atoms with Gasteiger partial charge in [0.15, 0.2) is 0 Å². The van der Waals surface area contributed by atoms with Crippen molar-refractivity contribution in [3.05, 3.63) is 47.9 Å². The predicted molar refractivity (Wildman–Crippen MR) is 114 cm³/mol. The van der Waals surface area contributed by atoms with Gasteiger partial charge in [0.05, 0.1) is 19.2 Å². The fraction of sp³-hybridized carbons (Fsp3) is 0.435. The van der Waals surface area contributed by atoms with E-state index in [1.807, 2.05) is 6.92 Å². The minimum absolute atomic E-state index is 0.0886. The van der Waals surface area contributed by atoms with Crippen molar-refractivity contribution < 1.29 is 23.8 Å². The van der Waals surface area contributed by atoms with Crippen LogP contribution in [0.4, 0.5) is 4.39 Å². The molecule has 2 amide bonds. The van der Waals surface area contributed by atoms with Crippen LogP contribution in [0.1, 0.15) is 31.1 Å². The first-order chi connectivity index (χ1) is 14.7. The quantitative estimate of drug-likeness (QED) is 0.790. The third-order valence-corrected chi connectivity index (χ3v) is 5.69. The van der Waals surface area contributed by atoms with E-state index in [0.29, 0.717) is 18.7 Å². The van der Waals surface area contributed by atoms with Crippen molar-refractivity contribution in [3.63, 3.8) is 0 Å². The number of hydrogen-bond donors (Lipinski definition) is 1. The first-order valence-electron chi connectivity index (χ1n) is 10.3. The molecule has 1 aliphatic heterocycles. The number of aliphatic hydroxyl groups excluding tert-OH is 1. The molecule has 2 aromatic rings. The Morgan fingerprint density at radius 1 is 1.35 bits per heavy atom. The fourth-order valence-corrected chi connectivity index (χ4v) is 3.52. The van der Waals surface area contributed by atoms with Gasteiger partial charge in [-0.15, -0.1) is 0 Å². The zero-order chi connectivity index (χ0) is 22.7. The van der Waals surface area contributed by atoms with E-state index in [0.717, 1.165) is 5.56 Å². The molecule has 8 heteroatoms. The molecule has 7 nitrogen and oxygen atoms in total. The Kier molecular flexibility index (Phi) is 6.90. The lowest BCUT2D eigenvalue weighted by atomic mass is 9.99. The molecule has 0 fully saturated rings. The van der Waals surface area contributed by atoms with Crippen molar-refractivity contribution in [2.75, 3.05) is 26.7 Å². The summed E-state index contributed by atoms with van der Waals surface area (Å²) in [5.41, 5.74) is 1.64. The Balaban J connectivity index is 2.05. The highest BCUT2D eigenvalue weighted by atomic mass is 19.1. The lowest BCUT2D eigenvalue weighted by Gasteiger charge is -2.37. The maximum absolute atomic E-state index is 13.4. The number of benzene rings is 1. The molecular weight excluding hydrogens is 401 g/mol. The molecule has 0 saturated heterocycles. The number of aromatic nitrogens is 1. The molecule has 1 aromatic carbocycles. The average molecular weight is 429 g/mol. The standard InChI is InChI=1S/C23H28FN3O4/c1-14-11-27(15(2)13-28)23(30)20-9-18(17-5-7-19(24)8-6-17)10-25-22(20)31-21(14)12-26(4)16(3)29/h5-10,14-15,21,28H,11-13H2,1-4H3/t14-,15+,21+/m0/s1. The van der Waals surface area contributed by atoms with Crippen molar-refractivity contribution in [2.24, 2.45) is 5.92 Å². The summed E-state index contributed by atoms with van der Waals surface area (Å²) < 4.78 is 19.4. The molecule has 31 heavy (non-hydrogen) atoms. The van der Waals surface area contributed by atoms with Crippen LogP contribution in [0.3, 0.4) is 0 Å². The SMILES string of the molecule is CC(=O)N(C)C[C@H]1Oc2ncc(-c3ccc(F)cc3)cc2C(=O)N([C@H](C)CO)C[C@@H]1C. The topological polar surface area (TPSA) is 83.0 Å². The number of carbonyl (C=O) groups is 2. The number of rotatable bonds is 5. The number of amides is 2. The van der Waals surface area contributed by atoms with E-state index in [2.05, 4.69) is 4.98 Å². The van der Waals surface area contributed by atoms with Gasteiger partial charge in [0, 0.05) is 38.2 Å². The summed E-state index contributed by atoms with van der Waals surface area (Å²) in [7, 11) is 1.70. The second-order valence-corrected chi connectivity index (χ2v) is 8.11. The minimum atomic E-state index is -0.401. The van der Waals surface area contributed by atoms with Gasteiger partial charge < -0.3 is 19.6 Å². The second kappa shape index (κ2) is 9.43. The van der Waals surface area contributed by atoms with Gasteiger partial charge in [-0.2, -0.15) is 0 Å². The van der Waals surface area contributed by atoms with Crippen molar-refractivity contribution in [1.82, 2.24) is 14.8 Å². The van der Waals surface area contributed by atoms with Gasteiger partial charge in [0.1, 0.15) is 17.5 Å². The van der Waals surface area contributed by atoms with Gasteiger partial charge in [-0.25, -0.2) is 9.37 Å². The highest BCUT2D eigenvalue weighted by Gasteiger charge is 2.34. The van der Waals surface area contributed by atoms with Gasteiger partial charge >= 0.3 is 0 Å². The van der Waals surface area contributed by atoms with Crippen LogP contribution in [0.15, 0.2) is 36.5 Å². The summed E-state index contributed by atoms with van der Waals surface area (Å²) in [5, 5.41) is 9.71. The van der Waals surface area contributed by atoms with Crippen LogP contribution >= 0.6 is 0 Å². The van der Waals surface area contributed by atoms with Gasteiger partial charge in [-0.05, 0) is 30.7 Å². The average Bonchev–Trinajstić information content (AvgIpc) is 2.75. The number of fused-ring (bicyclic) bond motifs is 1. The Labute approximate surface area is 181 Å². The van der Waals surface area contributed by atoms with E-state index in [1.54, 1.807) is 48.2 Å². The van der Waals surface area contributed by atoms with E-state index in [4.69, 9.17) is 4.74 Å². The van der Waals surface area contributed by atoms with Gasteiger partial charge in [0.25, 0.3) is 5.91 Å². The van der Waals surface area contributed by atoms with Crippen LogP contribution in [0.25, 0.3) is 11.1 Å². The molecule has 0 saturated carbocycles. The molecule has 1 aromatic heterocycles. The smallest absolute Gasteiger partial charge is 0.259 e. The molecule has 0 radical (unpaired) electrons. The van der Waals surface area contributed by atoms with Crippen LogP contribution in [-0.4, -0.2) is 70.6 Å². The van der Waals surface area contributed by atoms with Gasteiger partial charge in [-0.3, -0.25) is 9.59 Å². The summed E-state index contributed by atoms with van der Waals surface area (Å²) in [6.45, 7) is 5.72. The number of pyridine rings is 1. The molecule has 0 bridgehead atoms. The normalized spacial score (nSPS) is 19.7. The Bertz CT molecular complexity index is 950. The number of likely N-dealkylation sites (N-methyl/N-ethyl adjacent to an activating group) is 1. The number of nitrogens with zero attached hydrogens (tertiary/aromatic N) is 3. The van der Waals surface area contributed by atoms with E-state index in [9.17, 15) is 19.1 Å².